The van der Waals surface area contributed by atoms with E-state index >= 15 is 0 Å². The van der Waals surface area contributed by atoms with Gasteiger partial charge in [-0.05, 0) is 20.8 Å². The molecular weight excluding hydrogens is 332 g/mol. The van der Waals surface area contributed by atoms with E-state index in [1.807, 2.05) is 22.7 Å². The first kappa shape index (κ1) is 16.4. The molecule has 3 heterocycles. The average Bonchev–Trinajstić information content (AvgIpc) is 3.15. The number of hydrogen-bond acceptors (Lipinski definition) is 6. The first-order valence-corrected chi connectivity index (χ1v) is 9.52. The van der Waals surface area contributed by atoms with Gasteiger partial charge in [-0.25, -0.2) is 4.98 Å². The van der Waals surface area contributed by atoms with Crippen molar-refractivity contribution in [3.63, 3.8) is 0 Å². The van der Waals surface area contributed by atoms with Crippen LogP contribution < -0.4 is 15.5 Å². The normalized spacial score (nSPS) is 15.7. The van der Waals surface area contributed by atoms with Gasteiger partial charge in [-0.3, -0.25) is 0 Å². The molecule has 2 aromatic heterocycles. The van der Waals surface area contributed by atoms with Crippen molar-refractivity contribution in [1.29, 1.82) is 0 Å². The maximum atomic E-state index is 4.90. The zero-order valence-electron chi connectivity index (χ0n) is 14.9. The fourth-order valence-electron chi connectivity index (χ4n) is 2.99. The number of benzene rings is 1. The van der Waals surface area contributed by atoms with Gasteiger partial charge in [0.25, 0.3) is 0 Å². The second-order valence-corrected chi connectivity index (χ2v) is 8.30. The Bertz CT molecular complexity index is 855. The summed E-state index contributed by atoms with van der Waals surface area (Å²) in [4.78, 5) is 8.16. The molecule has 0 saturated carbocycles. The smallest absolute Gasteiger partial charge is 0.216 e. The molecule has 132 valence electrons. The molecule has 0 atom stereocenters. The highest BCUT2D eigenvalue weighted by Gasteiger charge is 2.23. The van der Waals surface area contributed by atoms with Crippen molar-refractivity contribution in [3.8, 4) is 11.3 Å². The summed E-state index contributed by atoms with van der Waals surface area (Å²) in [6.45, 7) is 10.5. The number of piperazine rings is 1. The maximum absolute atomic E-state index is 4.90. The molecule has 0 radical (unpaired) electrons. The van der Waals surface area contributed by atoms with E-state index < -0.39 is 0 Å². The van der Waals surface area contributed by atoms with E-state index in [-0.39, 0.29) is 5.54 Å². The van der Waals surface area contributed by atoms with Crippen LogP contribution in [0.25, 0.3) is 16.2 Å². The quantitative estimate of drug-likeness (QED) is 0.755. The molecule has 1 aliphatic heterocycles. The molecular formula is C18H24N6S. The van der Waals surface area contributed by atoms with Gasteiger partial charge in [0.1, 0.15) is 5.69 Å². The number of rotatable bonds is 3. The Hall–Kier alpha value is -2.12. The van der Waals surface area contributed by atoms with Crippen LogP contribution in [0.15, 0.2) is 30.3 Å². The van der Waals surface area contributed by atoms with Gasteiger partial charge in [0.2, 0.25) is 10.1 Å². The molecule has 1 saturated heterocycles. The van der Waals surface area contributed by atoms with Crippen molar-refractivity contribution in [2.75, 3.05) is 36.4 Å². The Balaban J connectivity index is 1.80. The van der Waals surface area contributed by atoms with Crippen LogP contribution in [0, 0.1) is 0 Å². The summed E-state index contributed by atoms with van der Waals surface area (Å²) < 4.78 is 1.97. The predicted octanol–water partition coefficient (Wildman–Crippen LogP) is 3.08. The number of nitrogens with zero attached hydrogens (tertiary/aromatic N) is 4. The molecule has 1 aromatic carbocycles. The van der Waals surface area contributed by atoms with Gasteiger partial charge in [0, 0.05) is 37.3 Å². The minimum atomic E-state index is -0.0711. The van der Waals surface area contributed by atoms with Crippen LogP contribution in [0.2, 0.25) is 0 Å². The van der Waals surface area contributed by atoms with E-state index in [2.05, 4.69) is 48.4 Å². The van der Waals surface area contributed by atoms with Gasteiger partial charge in [-0.2, -0.15) is 4.52 Å². The summed E-state index contributed by atoms with van der Waals surface area (Å²) in [7, 11) is 0. The number of fused-ring (bicyclic) bond motifs is 1. The Morgan fingerprint density at radius 2 is 1.84 bits per heavy atom. The summed E-state index contributed by atoms with van der Waals surface area (Å²) in [5.74, 6) is 0.964. The van der Waals surface area contributed by atoms with Crippen molar-refractivity contribution < 1.29 is 0 Å². The number of imidazole rings is 1. The molecule has 4 rings (SSSR count). The predicted molar refractivity (Wildman–Crippen MR) is 105 cm³/mol. The SMILES string of the molecule is CC(C)(C)Nc1c(-c2ccccc2)nc2sc(N3CCNCC3)nn12. The van der Waals surface area contributed by atoms with Crippen LogP contribution in [0.1, 0.15) is 20.8 Å². The third kappa shape index (κ3) is 3.34. The highest BCUT2D eigenvalue weighted by molar-refractivity contribution is 7.20. The summed E-state index contributed by atoms with van der Waals surface area (Å²) in [6, 6.07) is 10.3. The highest BCUT2D eigenvalue weighted by Crippen LogP contribution is 2.34. The van der Waals surface area contributed by atoms with Crippen molar-refractivity contribution in [3.05, 3.63) is 30.3 Å². The fourth-order valence-corrected chi connectivity index (χ4v) is 3.94. The molecule has 1 aliphatic rings. The van der Waals surface area contributed by atoms with Gasteiger partial charge in [0.05, 0.1) is 0 Å². The Morgan fingerprint density at radius 3 is 2.52 bits per heavy atom. The molecule has 0 unspecified atom stereocenters. The van der Waals surface area contributed by atoms with Crippen molar-refractivity contribution in [2.45, 2.75) is 26.3 Å². The molecule has 2 N–H and O–H groups in total. The van der Waals surface area contributed by atoms with Crippen LogP contribution in [0.3, 0.4) is 0 Å². The summed E-state index contributed by atoms with van der Waals surface area (Å²) in [5, 5.41) is 12.9. The Labute approximate surface area is 151 Å². The third-order valence-electron chi connectivity index (χ3n) is 4.12. The van der Waals surface area contributed by atoms with E-state index in [0.29, 0.717) is 0 Å². The minimum Gasteiger partial charge on any atom is -0.364 e. The zero-order valence-corrected chi connectivity index (χ0v) is 15.7. The Kier molecular flexibility index (Phi) is 4.13. The van der Waals surface area contributed by atoms with Gasteiger partial charge in [-0.15, -0.1) is 5.10 Å². The summed E-state index contributed by atoms with van der Waals surface area (Å²) in [5.41, 5.74) is 2.00. The number of anilines is 2. The topological polar surface area (TPSA) is 57.5 Å². The van der Waals surface area contributed by atoms with Gasteiger partial charge < -0.3 is 15.5 Å². The summed E-state index contributed by atoms with van der Waals surface area (Å²) in [6.07, 6.45) is 0. The zero-order chi connectivity index (χ0) is 17.4. The first-order valence-electron chi connectivity index (χ1n) is 8.70. The number of hydrogen-bond donors (Lipinski definition) is 2. The molecule has 6 nitrogen and oxygen atoms in total. The maximum Gasteiger partial charge on any atom is 0.216 e. The minimum absolute atomic E-state index is 0.0711. The van der Waals surface area contributed by atoms with Crippen LogP contribution in [-0.2, 0) is 0 Å². The Morgan fingerprint density at radius 1 is 1.12 bits per heavy atom. The van der Waals surface area contributed by atoms with Crippen molar-refractivity contribution in [1.82, 2.24) is 19.9 Å². The average molecular weight is 356 g/mol. The van der Waals surface area contributed by atoms with E-state index in [1.165, 1.54) is 0 Å². The molecule has 7 heteroatoms. The molecule has 0 aliphatic carbocycles. The van der Waals surface area contributed by atoms with Crippen LogP contribution >= 0.6 is 11.3 Å². The molecule has 25 heavy (non-hydrogen) atoms. The molecule has 3 aromatic rings. The van der Waals surface area contributed by atoms with Crippen molar-refractivity contribution >= 4 is 27.2 Å². The molecule has 0 amide bonds. The van der Waals surface area contributed by atoms with Gasteiger partial charge >= 0.3 is 0 Å². The van der Waals surface area contributed by atoms with E-state index in [4.69, 9.17) is 10.1 Å². The lowest BCUT2D eigenvalue weighted by atomic mass is 10.1. The number of nitrogens with one attached hydrogen (secondary N) is 2. The van der Waals surface area contributed by atoms with E-state index in [0.717, 1.165) is 53.3 Å². The molecule has 1 fully saturated rings. The van der Waals surface area contributed by atoms with Crippen LogP contribution in [-0.4, -0.2) is 46.3 Å². The van der Waals surface area contributed by atoms with Crippen LogP contribution in [0.5, 0.6) is 0 Å². The standard InChI is InChI=1S/C18H24N6S/c1-18(2,3)21-15-14(13-7-5-4-6-8-13)20-16-24(15)22-17(25-16)23-11-9-19-10-12-23/h4-8,19,21H,9-12H2,1-3H3. The summed E-state index contributed by atoms with van der Waals surface area (Å²) >= 11 is 1.66. The number of aromatic nitrogens is 3. The third-order valence-corrected chi connectivity index (χ3v) is 5.09. The largest absolute Gasteiger partial charge is 0.364 e. The van der Waals surface area contributed by atoms with E-state index in [9.17, 15) is 0 Å². The lowest BCUT2D eigenvalue weighted by Crippen LogP contribution is -2.43. The lowest BCUT2D eigenvalue weighted by Gasteiger charge is -2.26. The first-order chi connectivity index (χ1) is 12.0. The fraction of sp³-hybridized carbons (Fsp3) is 0.444. The second kappa shape index (κ2) is 6.31. The van der Waals surface area contributed by atoms with E-state index in [1.54, 1.807) is 11.3 Å². The molecule has 0 bridgehead atoms. The van der Waals surface area contributed by atoms with Gasteiger partial charge in [0.15, 0.2) is 5.82 Å². The highest BCUT2D eigenvalue weighted by atomic mass is 32.1. The second-order valence-electron chi connectivity index (χ2n) is 7.37. The van der Waals surface area contributed by atoms with Crippen molar-refractivity contribution in [2.24, 2.45) is 0 Å². The molecule has 0 spiro atoms. The van der Waals surface area contributed by atoms with Crippen LogP contribution in [0.4, 0.5) is 10.9 Å². The monoisotopic (exact) mass is 356 g/mol. The van der Waals surface area contributed by atoms with Gasteiger partial charge in [-0.1, -0.05) is 41.7 Å². The lowest BCUT2D eigenvalue weighted by molar-refractivity contribution is 0.585.